The van der Waals surface area contributed by atoms with Crippen LogP contribution < -0.4 is 5.32 Å². The van der Waals surface area contributed by atoms with Crippen LogP contribution >= 0.6 is 0 Å². The number of rotatable bonds is 4. The summed E-state index contributed by atoms with van der Waals surface area (Å²) < 4.78 is 5.13. The van der Waals surface area contributed by atoms with Gasteiger partial charge in [-0.05, 0) is 32.9 Å². The van der Waals surface area contributed by atoms with Crippen LogP contribution in [0.2, 0.25) is 0 Å². The number of hydrogen-bond donors (Lipinski definition) is 1. The number of amides is 1. The number of piperidine rings is 1. The molecule has 0 aliphatic carbocycles. The summed E-state index contributed by atoms with van der Waals surface area (Å²) in [5.74, 6) is 0.624. The summed E-state index contributed by atoms with van der Waals surface area (Å²) in [5.41, 5.74) is 0. The van der Waals surface area contributed by atoms with Gasteiger partial charge in [0.05, 0.1) is 6.61 Å². The van der Waals surface area contributed by atoms with Crippen LogP contribution in [0.1, 0.15) is 19.8 Å². The molecule has 0 spiro atoms. The Morgan fingerprint density at radius 2 is 2.05 bits per heavy atom. The van der Waals surface area contributed by atoms with E-state index < -0.39 is 0 Å². The highest BCUT2D eigenvalue weighted by molar-refractivity contribution is 5.79. The van der Waals surface area contributed by atoms with Crippen LogP contribution in [-0.4, -0.2) is 74.7 Å². The van der Waals surface area contributed by atoms with Gasteiger partial charge in [0, 0.05) is 45.2 Å². The summed E-state index contributed by atoms with van der Waals surface area (Å²) in [4.78, 5) is 17.0. The first kappa shape index (κ1) is 14.8. The molecule has 19 heavy (non-hydrogen) atoms. The van der Waals surface area contributed by atoms with E-state index in [4.69, 9.17) is 4.74 Å². The van der Waals surface area contributed by atoms with E-state index in [-0.39, 0.29) is 5.92 Å². The second-order valence-electron chi connectivity index (χ2n) is 5.69. The third kappa shape index (κ3) is 3.91. The second-order valence-corrected chi connectivity index (χ2v) is 5.69. The van der Waals surface area contributed by atoms with E-state index in [0.717, 1.165) is 58.7 Å². The molecule has 2 heterocycles. The van der Waals surface area contributed by atoms with Crippen LogP contribution in [0.15, 0.2) is 0 Å². The Bertz CT molecular complexity index is 292. The molecule has 1 atom stereocenters. The van der Waals surface area contributed by atoms with Crippen molar-refractivity contribution in [2.45, 2.75) is 25.8 Å². The average molecular weight is 269 g/mol. The third-order valence-electron chi connectivity index (χ3n) is 4.35. The summed E-state index contributed by atoms with van der Waals surface area (Å²) in [7, 11) is 1.74. The average Bonchev–Trinajstić information content (AvgIpc) is 2.46. The van der Waals surface area contributed by atoms with Gasteiger partial charge in [0.15, 0.2) is 0 Å². The molecular weight excluding hydrogens is 242 g/mol. The highest BCUT2D eigenvalue weighted by Crippen LogP contribution is 2.18. The molecule has 0 bridgehead atoms. The van der Waals surface area contributed by atoms with Crippen molar-refractivity contribution in [3.05, 3.63) is 0 Å². The zero-order valence-corrected chi connectivity index (χ0v) is 12.2. The minimum absolute atomic E-state index is 0.249. The van der Waals surface area contributed by atoms with Crippen molar-refractivity contribution in [2.24, 2.45) is 5.92 Å². The number of methoxy groups -OCH3 is 1. The van der Waals surface area contributed by atoms with E-state index in [1.54, 1.807) is 7.11 Å². The number of nitrogens with one attached hydrogen (secondary N) is 1. The molecule has 2 fully saturated rings. The molecule has 1 N–H and O–H groups in total. The van der Waals surface area contributed by atoms with Crippen LogP contribution in [0.5, 0.6) is 0 Å². The lowest BCUT2D eigenvalue weighted by atomic mass is 9.96. The van der Waals surface area contributed by atoms with Gasteiger partial charge in [0.1, 0.15) is 0 Å². The van der Waals surface area contributed by atoms with Crippen molar-refractivity contribution in [3.8, 4) is 0 Å². The number of piperazine rings is 1. The van der Waals surface area contributed by atoms with Crippen molar-refractivity contribution >= 4 is 5.91 Å². The first-order valence-corrected chi connectivity index (χ1v) is 7.45. The number of carbonyl (C=O) groups is 1. The monoisotopic (exact) mass is 269 g/mol. The molecule has 0 aromatic carbocycles. The molecule has 0 radical (unpaired) electrons. The number of carbonyl (C=O) groups excluding carboxylic acids is 1. The summed E-state index contributed by atoms with van der Waals surface area (Å²) in [5, 5.41) is 3.32. The lowest BCUT2D eigenvalue weighted by Crippen LogP contribution is -2.55. The van der Waals surface area contributed by atoms with Crippen molar-refractivity contribution in [1.82, 2.24) is 15.1 Å². The van der Waals surface area contributed by atoms with Gasteiger partial charge in [-0.2, -0.15) is 0 Å². The van der Waals surface area contributed by atoms with Crippen LogP contribution in [0.4, 0.5) is 0 Å². The lowest BCUT2D eigenvalue weighted by Gasteiger charge is -2.41. The molecule has 5 nitrogen and oxygen atoms in total. The van der Waals surface area contributed by atoms with Gasteiger partial charge in [-0.3, -0.25) is 9.69 Å². The first-order valence-electron chi connectivity index (χ1n) is 7.45. The fourth-order valence-corrected chi connectivity index (χ4v) is 3.06. The maximum absolute atomic E-state index is 12.5. The molecule has 2 aliphatic rings. The van der Waals surface area contributed by atoms with Crippen molar-refractivity contribution in [2.75, 3.05) is 53.0 Å². The molecule has 1 amide bonds. The van der Waals surface area contributed by atoms with Crippen molar-refractivity contribution < 1.29 is 9.53 Å². The maximum Gasteiger partial charge on any atom is 0.225 e. The summed E-state index contributed by atoms with van der Waals surface area (Å²) in [6.07, 6.45) is 1.99. The molecule has 0 aromatic rings. The van der Waals surface area contributed by atoms with Crippen LogP contribution in [0.3, 0.4) is 0 Å². The largest absolute Gasteiger partial charge is 0.383 e. The fraction of sp³-hybridized carbons (Fsp3) is 0.929. The predicted octanol–water partition coefficient (Wildman–Crippen LogP) is 0.165. The number of nitrogens with zero attached hydrogens (tertiary/aromatic N) is 2. The van der Waals surface area contributed by atoms with Gasteiger partial charge in [-0.15, -0.1) is 0 Å². The minimum Gasteiger partial charge on any atom is -0.383 e. The topological polar surface area (TPSA) is 44.8 Å². The highest BCUT2D eigenvalue weighted by Gasteiger charge is 2.30. The van der Waals surface area contributed by atoms with Crippen molar-refractivity contribution in [1.29, 1.82) is 0 Å². The molecule has 2 rings (SSSR count). The van der Waals surface area contributed by atoms with Crippen LogP contribution in [-0.2, 0) is 9.53 Å². The molecule has 2 aliphatic heterocycles. The Kier molecular flexibility index (Phi) is 5.60. The van der Waals surface area contributed by atoms with E-state index in [1.165, 1.54) is 0 Å². The Morgan fingerprint density at radius 3 is 2.68 bits per heavy atom. The Morgan fingerprint density at radius 1 is 1.32 bits per heavy atom. The molecule has 0 aromatic heterocycles. The van der Waals surface area contributed by atoms with Gasteiger partial charge in [0.2, 0.25) is 5.91 Å². The summed E-state index contributed by atoms with van der Waals surface area (Å²) in [6, 6.07) is 0.439. The Hall–Kier alpha value is -0.650. The Labute approximate surface area is 116 Å². The quantitative estimate of drug-likeness (QED) is 0.790. The van der Waals surface area contributed by atoms with E-state index >= 15 is 0 Å². The number of ether oxygens (including phenoxy) is 1. The van der Waals surface area contributed by atoms with Gasteiger partial charge < -0.3 is 15.0 Å². The fourth-order valence-electron chi connectivity index (χ4n) is 3.06. The van der Waals surface area contributed by atoms with E-state index in [9.17, 15) is 4.79 Å². The third-order valence-corrected chi connectivity index (χ3v) is 4.35. The van der Waals surface area contributed by atoms with Gasteiger partial charge in [-0.1, -0.05) is 0 Å². The van der Waals surface area contributed by atoms with Crippen LogP contribution in [0.25, 0.3) is 0 Å². The molecule has 0 saturated carbocycles. The van der Waals surface area contributed by atoms with E-state index in [2.05, 4.69) is 22.0 Å². The van der Waals surface area contributed by atoms with Gasteiger partial charge >= 0.3 is 0 Å². The van der Waals surface area contributed by atoms with Crippen molar-refractivity contribution in [3.63, 3.8) is 0 Å². The molecule has 110 valence electrons. The Balaban J connectivity index is 1.81. The smallest absolute Gasteiger partial charge is 0.225 e. The molecule has 2 saturated heterocycles. The highest BCUT2D eigenvalue weighted by atomic mass is 16.5. The van der Waals surface area contributed by atoms with E-state index in [0.29, 0.717) is 11.9 Å². The summed E-state index contributed by atoms with van der Waals surface area (Å²) >= 11 is 0. The normalized spacial score (nSPS) is 26.6. The predicted molar refractivity (Wildman–Crippen MR) is 75.1 cm³/mol. The van der Waals surface area contributed by atoms with Gasteiger partial charge in [0.25, 0.3) is 0 Å². The second kappa shape index (κ2) is 7.22. The number of hydrogen-bond acceptors (Lipinski definition) is 4. The summed E-state index contributed by atoms with van der Waals surface area (Å²) in [6.45, 7) is 8.63. The lowest BCUT2D eigenvalue weighted by molar-refractivity contribution is -0.139. The zero-order valence-electron chi connectivity index (χ0n) is 12.2. The molecule has 5 heteroatoms. The maximum atomic E-state index is 12.5. The standard InChI is InChI=1S/C14H27N3O2/c1-12-11-17(8-7-16(12)9-10-19-2)14(18)13-3-5-15-6-4-13/h12-13,15H,3-11H2,1-2H3. The SMILES string of the molecule is COCCN1CCN(C(=O)C2CCNCC2)CC1C. The van der Waals surface area contributed by atoms with Crippen LogP contribution in [0, 0.1) is 5.92 Å². The minimum atomic E-state index is 0.249. The first-order chi connectivity index (χ1) is 9.22. The van der Waals surface area contributed by atoms with E-state index in [1.807, 2.05) is 0 Å². The molecule has 1 unspecified atom stereocenters. The molecular formula is C14H27N3O2. The zero-order chi connectivity index (χ0) is 13.7. The van der Waals surface area contributed by atoms with Gasteiger partial charge in [-0.25, -0.2) is 0 Å².